The molecule has 0 unspecified atom stereocenters. The van der Waals surface area contributed by atoms with Gasteiger partial charge in [0.15, 0.2) is 11.2 Å². The molecule has 1 aliphatic heterocycles. The molecule has 3 amide bonds. The number of amides is 3. The Morgan fingerprint density at radius 3 is 2.81 bits per heavy atom. The highest BCUT2D eigenvalue weighted by Crippen LogP contribution is 2.37. The quantitative estimate of drug-likeness (QED) is 0.640. The Labute approximate surface area is 180 Å². The maximum absolute atomic E-state index is 12.8. The molecule has 3 heterocycles. The van der Waals surface area contributed by atoms with Crippen LogP contribution in [0.2, 0.25) is 0 Å². The predicted octanol–water partition coefficient (Wildman–Crippen LogP) is 2.72. The van der Waals surface area contributed by atoms with Crippen molar-refractivity contribution in [2.75, 3.05) is 18.5 Å². The number of fused-ring (bicyclic) bond motifs is 2. The number of carbonyl (C=O) groups is 3. The Balaban J connectivity index is 1.65. The molecule has 160 valence electrons. The normalized spacial score (nSPS) is 13.0. The van der Waals surface area contributed by atoms with Gasteiger partial charge >= 0.3 is 6.09 Å². The number of primary amides is 1. The van der Waals surface area contributed by atoms with Gasteiger partial charge in [-0.05, 0) is 31.0 Å². The maximum Gasteiger partial charge on any atom is 0.410 e. The van der Waals surface area contributed by atoms with E-state index in [9.17, 15) is 19.2 Å². The smallest absolute Gasteiger partial charge is 0.410 e. The minimum atomic E-state index is -0.683. The van der Waals surface area contributed by atoms with Crippen molar-refractivity contribution in [3.63, 3.8) is 0 Å². The minimum absolute atomic E-state index is 0.182. The van der Waals surface area contributed by atoms with Crippen LogP contribution >= 0.6 is 11.3 Å². The van der Waals surface area contributed by atoms with Crippen LogP contribution in [0.15, 0.2) is 39.5 Å². The molecular formula is C21H19N3O6S. The van der Waals surface area contributed by atoms with Gasteiger partial charge in [0.1, 0.15) is 10.6 Å². The topological polar surface area (TPSA) is 132 Å². The fourth-order valence-corrected chi connectivity index (χ4v) is 4.77. The van der Waals surface area contributed by atoms with Gasteiger partial charge in [0.25, 0.3) is 11.8 Å². The van der Waals surface area contributed by atoms with E-state index in [1.165, 1.54) is 4.90 Å². The average molecular weight is 441 g/mol. The zero-order valence-electron chi connectivity index (χ0n) is 16.6. The lowest BCUT2D eigenvalue weighted by Crippen LogP contribution is -2.36. The maximum atomic E-state index is 12.8. The molecule has 0 radical (unpaired) electrons. The fraction of sp³-hybridized carbons (Fsp3) is 0.238. The van der Waals surface area contributed by atoms with Crippen LogP contribution in [0.3, 0.4) is 0 Å². The van der Waals surface area contributed by atoms with Gasteiger partial charge in [0.2, 0.25) is 0 Å². The van der Waals surface area contributed by atoms with Crippen molar-refractivity contribution in [3.05, 3.63) is 62.3 Å². The number of para-hydroxylation sites is 1. The second kappa shape index (κ2) is 8.23. The third-order valence-corrected chi connectivity index (χ3v) is 6.05. The first-order valence-corrected chi connectivity index (χ1v) is 10.4. The number of nitrogens with zero attached hydrogens (tertiary/aromatic N) is 1. The van der Waals surface area contributed by atoms with E-state index in [-0.39, 0.29) is 40.5 Å². The van der Waals surface area contributed by atoms with Gasteiger partial charge < -0.3 is 25.1 Å². The molecule has 31 heavy (non-hydrogen) atoms. The van der Waals surface area contributed by atoms with Crippen molar-refractivity contribution < 1.29 is 23.5 Å². The van der Waals surface area contributed by atoms with Gasteiger partial charge in [-0.3, -0.25) is 14.4 Å². The molecule has 3 N–H and O–H groups in total. The molecule has 3 aromatic rings. The summed E-state index contributed by atoms with van der Waals surface area (Å²) in [6.45, 7) is 2.61. The monoisotopic (exact) mass is 441 g/mol. The molecule has 0 aliphatic carbocycles. The van der Waals surface area contributed by atoms with Crippen molar-refractivity contribution in [3.8, 4) is 0 Å². The van der Waals surface area contributed by atoms with E-state index in [4.69, 9.17) is 14.9 Å². The van der Waals surface area contributed by atoms with Crippen LogP contribution in [0.25, 0.3) is 11.0 Å². The van der Waals surface area contributed by atoms with Gasteiger partial charge in [-0.1, -0.05) is 12.1 Å². The number of anilines is 1. The second-order valence-corrected chi connectivity index (χ2v) is 7.97. The Bertz CT molecular complexity index is 1260. The van der Waals surface area contributed by atoms with Crippen LogP contribution in [-0.2, 0) is 17.7 Å². The molecule has 1 aromatic carbocycles. The number of nitrogens with two attached hydrogens (primary N) is 1. The largest absolute Gasteiger partial charge is 0.451 e. The zero-order valence-corrected chi connectivity index (χ0v) is 17.4. The number of benzene rings is 1. The van der Waals surface area contributed by atoms with E-state index >= 15 is 0 Å². The SMILES string of the molecule is CCOC(=O)N1CCc2c(sc(NC(=O)c3cc(=O)c4ccccc4o3)c2C(N)=O)C1. The Morgan fingerprint density at radius 1 is 1.29 bits per heavy atom. The summed E-state index contributed by atoms with van der Waals surface area (Å²) in [5.74, 6) is -1.54. The summed E-state index contributed by atoms with van der Waals surface area (Å²) in [6, 6.07) is 7.71. The van der Waals surface area contributed by atoms with Gasteiger partial charge in [-0.25, -0.2) is 4.79 Å². The summed E-state index contributed by atoms with van der Waals surface area (Å²) in [7, 11) is 0. The molecule has 1 aliphatic rings. The first kappa shape index (κ1) is 20.6. The lowest BCUT2D eigenvalue weighted by Gasteiger charge is -2.26. The summed E-state index contributed by atoms with van der Waals surface area (Å²) in [5.41, 5.74) is 6.42. The number of thiophene rings is 1. The molecule has 0 atom stereocenters. The standard InChI is InChI=1S/C21H19N3O6S/c1-2-29-21(28)24-8-7-12-16(10-24)31-20(17(12)18(22)26)23-19(27)15-9-13(25)11-5-3-4-6-14(11)30-15/h3-6,9H,2,7-8,10H2,1H3,(H2,22,26)(H,23,27). The highest BCUT2D eigenvalue weighted by Gasteiger charge is 2.30. The van der Waals surface area contributed by atoms with Gasteiger partial charge in [-0.2, -0.15) is 0 Å². The van der Waals surface area contributed by atoms with Crippen LogP contribution < -0.4 is 16.5 Å². The highest BCUT2D eigenvalue weighted by molar-refractivity contribution is 7.17. The van der Waals surface area contributed by atoms with Crippen LogP contribution in [0.1, 0.15) is 38.3 Å². The van der Waals surface area contributed by atoms with E-state index in [1.807, 2.05) is 0 Å². The number of hydrogen-bond donors (Lipinski definition) is 2. The van der Waals surface area contributed by atoms with E-state index in [1.54, 1.807) is 31.2 Å². The molecular weight excluding hydrogens is 422 g/mol. The Morgan fingerprint density at radius 2 is 2.06 bits per heavy atom. The van der Waals surface area contributed by atoms with Crippen LogP contribution in [0.5, 0.6) is 0 Å². The molecule has 0 saturated carbocycles. The number of hydrogen-bond acceptors (Lipinski definition) is 7. The second-order valence-electron chi connectivity index (χ2n) is 6.87. The van der Waals surface area contributed by atoms with Crippen LogP contribution in [0, 0.1) is 0 Å². The molecule has 0 fully saturated rings. The molecule has 2 aromatic heterocycles. The third kappa shape index (κ3) is 3.89. The van der Waals surface area contributed by atoms with Gasteiger partial charge in [-0.15, -0.1) is 11.3 Å². The van der Waals surface area contributed by atoms with Crippen molar-refractivity contribution in [2.24, 2.45) is 5.73 Å². The summed E-state index contributed by atoms with van der Waals surface area (Å²) in [5, 5.41) is 3.26. The number of ether oxygens (including phenoxy) is 1. The van der Waals surface area contributed by atoms with Crippen LogP contribution in [-0.4, -0.2) is 36.0 Å². The number of carbonyl (C=O) groups excluding carboxylic acids is 3. The van der Waals surface area contributed by atoms with E-state index in [0.717, 1.165) is 22.3 Å². The van der Waals surface area contributed by atoms with Gasteiger partial charge in [0.05, 0.1) is 24.1 Å². The van der Waals surface area contributed by atoms with Crippen molar-refractivity contribution >= 4 is 45.2 Å². The number of nitrogens with one attached hydrogen (secondary N) is 1. The highest BCUT2D eigenvalue weighted by atomic mass is 32.1. The van der Waals surface area contributed by atoms with Crippen molar-refractivity contribution in [1.82, 2.24) is 4.90 Å². The summed E-state index contributed by atoms with van der Waals surface area (Å²) >= 11 is 1.16. The Hall–Kier alpha value is -3.66. The zero-order chi connectivity index (χ0) is 22.1. The molecule has 4 rings (SSSR count). The molecule has 0 spiro atoms. The fourth-order valence-electron chi connectivity index (χ4n) is 3.50. The summed E-state index contributed by atoms with van der Waals surface area (Å²) < 4.78 is 10.6. The van der Waals surface area contributed by atoms with E-state index < -0.39 is 17.9 Å². The number of rotatable bonds is 4. The van der Waals surface area contributed by atoms with E-state index in [2.05, 4.69) is 5.32 Å². The molecule has 0 saturated heterocycles. The van der Waals surface area contributed by atoms with E-state index in [0.29, 0.717) is 23.9 Å². The average Bonchev–Trinajstić information content (AvgIpc) is 3.11. The molecule has 9 nitrogen and oxygen atoms in total. The van der Waals surface area contributed by atoms with Crippen LogP contribution in [0.4, 0.5) is 9.80 Å². The summed E-state index contributed by atoms with van der Waals surface area (Å²) in [4.78, 5) is 51.5. The Kier molecular flexibility index (Phi) is 5.47. The first-order chi connectivity index (χ1) is 14.9. The molecule has 0 bridgehead atoms. The lowest BCUT2D eigenvalue weighted by atomic mass is 10.0. The van der Waals surface area contributed by atoms with Crippen molar-refractivity contribution in [2.45, 2.75) is 19.9 Å². The minimum Gasteiger partial charge on any atom is -0.451 e. The summed E-state index contributed by atoms with van der Waals surface area (Å²) in [6.07, 6.45) is -0.0326. The predicted molar refractivity (Wildman–Crippen MR) is 114 cm³/mol. The first-order valence-electron chi connectivity index (χ1n) is 9.59. The lowest BCUT2D eigenvalue weighted by molar-refractivity contribution is 0.0994. The van der Waals surface area contributed by atoms with Crippen molar-refractivity contribution in [1.29, 1.82) is 0 Å². The molecule has 10 heteroatoms. The third-order valence-electron chi connectivity index (χ3n) is 4.91. The van der Waals surface area contributed by atoms with Gasteiger partial charge in [0, 0.05) is 17.5 Å².